The molecule has 0 aliphatic rings. The summed E-state index contributed by atoms with van der Waals surface area (Å²) in [6.07, 6.45) is 0. The zero-order chi connectivity index (χ0) is 8.81. The Morgan fingerprint density at radius 3 is 2.50 bits per heavy atom. The highest BCUT2D eigenvalue weighted by Gasteiger charge is 1.96. The maximum Gasteiger partial charge on any atom is 0.239 e. The first-order valence-corrected chi connectivity index (χ1v) is 3.32. The zero-order valence-electron chi connectivity index (χ0n) is 6.36. The fourth-order valence-electron chi connectivity index (χ4n) is 0.797. The van der Waals surface area contributed by atoms with Crippen LogP contribution in [0, 0.1) is 6.57 Å². The molecule has 0 atom stereocenters. The van der Waals surface area contributed by atoms with E-state index in [1.165, 1.54) is 0 Å². The molecule has 0 spiro atoms. The third-order valence-corrected chi connectivity index (χ3v) is 1.33. The van der Waals surface area contributed by atoms with E-state index in [1.807, 2.05) is 0 Å². The van der Waals surface area contributed by atoms with Gasteiger partial charge in [-0.05, 0) is 24.3 Å². The summed E-state index contributed by atoms with van der Waals surface area (Å²) in [5.41, 5.74) is 0.939. The molecule has 0 saturated carbocycles. The first kappa shape index (κ1) is 8.53. The Hall–Kier alpha value is -1.57. The molecule has 0 bridgehead atoms. The highest BCUT2D eigenvalue weighted by molar-refractivity contribution is 5.27. The summed E-state index contributed by atoms with van der Waals surface area (Å²) in [7, 11) is 0. The van der Waals surface area contributed by atoms with Gasteiger partial charge in [0.25, 0.3) is 0 Å². The van der Waals surface area contributed by atoms with Crippen LogP contribution in [0.1, 0.15) is 5.56 Å². The Labute approximate surface area is 70.2 Å². The summed E-state index contributed by atoms with van der Waals surface area (Å²) in [5.74, 6) is 5.21. The van der Waals surface area contributed by atoms with Crippen molar-refractivity contribution in [2.24, 2.45) is 5.90 Å². The Morgan fingerprint density at radius 2 is 2.00 bits per heavy atom. The van der Waals surface area contributed by atoms with E-state index >= 15 is 0 Å². The number of nitrogens with two attached hydrogens (primary N) is 1. The standard InChI is InChI=1S/C8H8N2O2/c1-10-6-7-2-4-8(5-3-7)11-12-9/h2-5H,6,9H2. The van der Waals surface area contributed by atoms with Crippen LogP contribution in [0.4, 0.5) is 0 Å². The third kappa shape index (κ3) is 2.23. The van der Waals surface area contributed by atoms with E-state index < -0.39 is 0 Å². The Balaban J connectivity index is 2.66. The topological polar surface area (TPSA) is 48.8 Å². The molecular weight excluding hydrogens is 156 g/mol. The molecule has 0 aromatic heterocycles. The Morgan fingerprint density at radius 1 is 1.33 bits per heavy atom. The van der Waals surface area contributed by atoms with Gasteiger partial charge in [0.15, 0.2) is 5.75 Å². The number of hydrogen-bond acceptors (Lipinski definition) is 3. The molecule has 62 valence electrons. The van der Waals surface area contributed by atoms with Gasteiger partial charge in [0, 0.05) is 5.56 Å². The van der Waals surface area contributed by atoms with Crippen molar-refractivity contribution in [3.8, 4) is 5.75 Å². The summed E-state index contributed by atoms with van der Waals surface area (Å²) in [5, 5.41) is 0. The maximum atomic E-state index is 6.62. The quantitative estimate of drug-likeness (QED) is 0.416. The van der Waals surface area contributed by atoms with E-state index in [1.54, 1.807) is 24.3 Å². The van der Waals surface area contributed by atoms with Crippen molar-refractivity contribution in [3.63, 3.8) is 0 Å². The smallest absolute Gasteiger partial charge is 0.239 e. The van der Waals surface area contributed by atoms with E-state index in [2.05, 4.69) is 20.6 Å². The minimum absolute atomic E-state index is 0.379. The number of nitrogens with zero attached hydrogens (tertiary/aromatic N) is 1. The lowest BCUT2D eigenvalue weighted by Gasteiger charge is -1.98. The molecule has 0 heterocycles. The molecule has 4 nitrogen and oxygen atoms in total. The number of rotatable bonds is 3. The fraction of sp³-hybridized carbons (Fsp3) is 0.125. The first-order chi connectivity index (χ1) is 5.86. The van der Waals surface area contributed by atoms with Crippen LogP contribution < -0.4 is 10.8 Å². The van der Waals surface area contributed by atoms with E-state index in [-0.39, 0.29) is 0 Å². The molecule has 0 fully saturated rings. The predicted molar refractivity (Wildman–Crippen MR) is 42.6 cm³/mol. The lowest BCUT2D eigenvalue weighted by molar-refractivity contribution is -0.211. The molecule has 4 heteroatoms. The first-order valence-electron chi connectivity index (χ1n) is 3.32. The van der Waals surface area contributed by atoms with Gasteiger partial charge in [-0.3, -0.25) is 0 Å². The van der Waals surface area contributed by atoms with Gasteiger partial charge in [-0.25, -0.2) is 6.57 Å². The summed E-state index contributed by atoms with van der Waals surface area (Å²) in [6, 6.07) is 6.94. The van der Waals surface area contributed by atoms with Crippen molar-refractivity contribution < 1.29 is 9.88 Å². The van der Waals surface area contributed by atoms with E-state index in [0.29, 0.717) is 12.3 Å². The van der Waals surface area contributed by atoms with Crippen LogP contribution in [0.15, 0.2) is 24.3 Å². The second-order valence-electron chi connectivity index (χ2n) is 2.14. The largest absolute Gasteiger partial charge is 0.320 e. The summed E-state index contributed by atoms with van der Waals surface area (Å²) < 4.78 is 0. The van der Waals surface area contributed by atoms with Gasteiger partial charge in [-0.1, -0.05) is 4.99 Å². The average molecular weight is 164 g/mol. The average Bonchev–Trinajstić information content (AvgIpc) is 2.09. The predicted octanol–water partition coefficient (Wildman–Crippen LogP) is 1.29. The van der Waals surface area contributed by atoms with Gasteiger partial charge in [0.05, 0.1) is 0 Å². The number of benzene rings is 1. The second-order valence-corrected chi connectivity index (χ2v) is 2.14. The van der Waals surface area contributed by atoms with Crippen molar-refractivity contribution in [2.75, 3.05) is 0 Å². The highest BCUT2D eigenvalue weighted by atomic mass is 17.3. The molecule has 0 radical (unpaired) electrons. The van der Waals surface area contributed by atoms with Crippen molar-refractivity contribution in [2.45, 2.75) is 6.54 Å². The normalized spacial score (nSPS) is 9.00. The molecule has 0 saturated heterocycles. The number of hydrogen-bond donors (Lipinski definition) is 1. The lowest BCUT2D eigenvalue weighted by Crippen LogP contribution is -2.02. The summed E-state index contributed by atoms with van der Waals surface area (Å²) in [6.45, 7) is 7.00. The van der Waals surface area contributed by atoms with Gasteiger partial charge >= 0.3 is 0 Å². The van der Waals surface area contributed by atoms with E-state index in [9.17, 15) is 0 Å². The highest BCUT2D eigenvalue weighted by Crippen LogP contribution is 2.12. The Bertz CT molecular complexity index is 276. The van der Waals surface area contributed by atoms with Crippen molar-refractivity contribution in [1.29, 1.82) is 0 Å². The molecule has 2 N–H and O–H groups in total. The maximum absolute atomic E-state index is 6.62. The van der Waals surface area contributed by atoms with Crippen LogP contribution >= 0.6 is 0 Å². The van der Waals surface area contributed by atoms with E-state index in [0.717, 1.165) is 5.56 Å². The third-order valence-electron chi connectivity index (χ3n) is 1.33. The molecular formula is C8H8N2O2. The Kier molecular flexibility index (Phi) is 3.08. The minimum Gasteiger partial charge on any atom is -0.320 e. The summed E-state index contributed by atoms with van der Waals surface area (Å²) >= 11 is 0. The van der Waals surface area contributed by atoms with E-state index in [4.69, 9.17) is 6.57 Å². The van der Waals surface area contributed by atoms with Crippen LogP contribution in [-0.2, 0) is 11.5 Å². The van der Waals surface area contributed by atoms with Crippen molar-refractivity contribution in [1.82, 2.24) is 0 Å². The monoisotopic (exact) mass is 164 g/mol. The van der Waals surface area contributed by atoms with Crippen molar-refractivity contribution in [3.05, 3.63) is 41.2 Å². The molecule has 1 aromatic rings. The molecule has 0 aliphatic carbocycles. The zero-order valence-corrected chi connectivity index (χ0v) is 6.36. The summed E-state index contributed by atoms with van der Waals surface area (Å²) in [4.78, 5) is 11.7. The van der Waals surface area contributed by atoms with Crippen LogP contribution in [0.5, 0.6) is 5.75 Å². The molecule has 0 aliphatic heterocycles. The lowest BCUT2D eigenvalue weighted by atomic mass is 10.2. The van der Waals surface area contributed by atoms with Gasteiger partial charge in [0.1, 0.15) is 0 Å². The van der Waals surface area contributed by atoms with Gasteiger partial charge in [-0.2, -0.15) is 5.90 Å². The molecule has 12 heavy (non-hydrogen) atoms. The second kappa shape index (κ2) is 4.34. The van der Waals surface area contributed by atoms with Crippen LogP contribution in [0.2, 0.25) is 0 Å². The molecule has 0 amide bonds. The van der Waals surface area contributed by atoms with Crippen molar-refractivity contribution >= 4 is 0 Å². The molecule has 1 aromatic carbocycles. The molecule has 1 rings (SSSR count). The molecule has 0 unspecified atom stereocenters. The van der Waals surface area contributed by atoms with Crippen LogP contribution in [-0.4, -0.2) is 0 Å². The van der Waals surface area contributed by atoms with Crippen LogP contribution in [0.3, 0.4) is 0 Å². The fourth-order valence-corrected chi connectivity index (χ4v) is 0.797. The van der Waals surface area contributed by atoms with Gasteiger partial charge in [-0.15, -0.1) is 0 Å². The SMILES string of the molecule is [C-]#[N+]Cc1ccc(OON)cc1. The van der Waals surface area contributed by atoms with Crippen LogP contribution in [0.25, 0.3) is 4.85 Å². The van der Waals surface area contributed by atoms with Gasteiger partial charge in [0.2, 0.25) is 6.54 Å². The van der Waals surface area contributed by atoms with Gasteiger partial charge < -0.3 is 9.73 Å². The minimum atomic E-state index is 0.379.